The minimum absolute atomic E-state index is 0.0587. The van der Waals surface area contributed by atoms with Crippen molar-refractivity contribution in [2.24, 2.45) is 22.7 Å². The normalized spacial score (nSPS) is 30.2. The summed E-state index contributed by atoms with van der Waals surface area (Å²) in [6, 6.07) is 7.80. The Morgan fingerprint density at radius 1 is 1.14 bits per heavy atom. The molecular weight excluding hydrogens is 453 g/mol. The van der Waals surface area contributed by atoms with E-state index in [0.29, 0.717) is 30.2 Å². The van der Waals surface area contributed by atoms with Crippen LogP contribution in [0.2, 0.25) is 0 Å². The molecule has 0 radical (unpaired) electrons. The minimum atomic E-state index is -0.818. The Morgan fingerprint density at radius 2 is 1.83 bits per heavy atom. The average Bonchev–Trinajstić information content (AvgIpc) is 3.24. The van der Waals surface area contributed by atoms with Crippen molar-refractivity contribution in [3.8, 4) is 0 Å². The van der Waals surface area contributed by atoms with E-state index in [1.54, 1.807) is 6.07 Å². The fourth-order valence-electron chi connectivity index (χ4n) is 7.59. The molecule has 4 rings (SSSR count). The molecule has 1 heterocycles. The molecule has 1 aromatic carbocycles. The molecule has 5 nitrogen and oxygen atoms in total. The maximum Gasteiger partial charge on any atom is 0.335 e. The second-order valence-corrected chi connectivity index (χ2v) is 12.1. The van der Waals surface area contributed by atoms with Crippen molar-refractivity contribution in [2.45, 2.75) is 102 Å². The topological polar surface area (TPSA) is 45.1 Å². The first-order valence-electron chi connectivity index (χ1n) is 14.1. The largest absolute Gasteiger partial charge is 0.467 e. The number of carbonyl (C=O) groups excluding carboxylic acids is 1. The number of rotatable bonds is 8. The number of hydrogen-bond acceptors (Lipinski definition) is 5. The van der Waals surface area contributed by atoms with Gasteiger partial charge in [-0.2, -0.15) is 0 Å². The number of esters is 1. The van der Waals surface area contributed by atoms with Gasteiger partial charge in [-0.1, -0.05) is 45.2 Å². The van der Waals surface area contributed by atoms with Crippen molar-refractivity contribution in [1.82, 2.24) is 9.80 Å². The molecule has 3 atom stereocenters. The van der Waals surface area contributed by atoms with Crippen LogP contribution in [-0.4, -0.2) is 60.9 Å². The van der Waals surface area contributed by atoms with Crippen molar-refractivity contribution < 1.29 is 13.9 Å². The molecule has 1 aromatic rings. The Hall–Kier alpha value is -1.95. The van der Waals surface area contributed by atoms with Gasteiger partial charge in [0.05, 0.1) is 19.5 Å². The van der Waals surface area contributed by atoms with Crippen LogP contribution in [-0.2, 0) is 9.53 Å². The second kappa shape index (κ2) is 11.6. The highest BCUT2D eigenvalue weighted by Crippen LogP contribution is 2.47. The maximum atomic E-state index is 14.1. The van der Waals surface area contributed by atoms with Gasteiger partial charge >= 0.3 is 5.97 Å². The monoisotopic (exact) mass is 499 g/mol. The second-order valence-electron chi connectivity index (χ2n) is 12.1. The van der Waals surface area contributed by atoms with Crippen LogP contribution in [0.4, 0.5) is 4.39 Å². The van der Waals surface area contributed by atoms with Crippen LogP contribution >= 0.6 is 0 Å². The fraction of sp³-hybridized carbons (Fsp3) is 0.733. The number of hydrogen-bond donors (Lipinski definition) is 0. The summed E-state index contributed by atoms with van der Waals surface area (Å²) in [5.74, 6) is 0.845. The Bertz CT molecular complexity index is 905. The number of carbonyl (C=O) groups is 1. The Morgan fingerprint density at radius 3 is 2.42 bits per heavy atom. The van der Waals surface area contributed by atoms with Gasteiger partial charge < -0.3 is 14.5 Å². The van der Waals surface area contributed by atoms with Gasteiger partial charge in [0, 0.05) is 12.1 Å². The first kappa shape index (κ1) is 27.1. The molecule has 200 valence electrons. The number of nitrogens with zero attached hydrogens (tertiary/aromatic N) is 3. The van der Waals surface area contributed by atoms with Gasteiger partial charge in [0.2, 0.25) is 0 Å². The van der Waals surface area contributed by atoms with E-state index in [9.17, 15) is 9.18 Å². The molecule has 0 amide bonds. The predicted molar refractivity (Wildman–Crippen MR) is 143 cm³/mol. The Balaban J connectivity index is 1.59. The quantitative estimate of drug-likeness (QED) is 0.397. The summed E-state index contributed by atoms with van der Waals surface area (Å²) in [4.78, 5) is 23.2. The molecule has 6 heteroatoms. The molecular formula is C30H46FN3O2. The molecule has 0 aromatic heterocycles. The molecule has 2 fully saturated rings. The predicted octanol–water partition coefficient (Wildman–Crippen LogP) is 6.24. The summed E-state index contributed by atoms with van der Waals surface area (Å²) >= 11 is 0. The lowest BCUT2D eigenvalue weighted by Gasteiger charge is -2.47. The minimum Gasteiger partial charge on any atom is -0.467 e. The summed E-state index contributed by atoms with van der Waals surface area (Å²) in [6.07, 6.45) is 13.1. The lowest BCUT2D eigenvalue weighted by Crippen LogP contribution is -2.58. The summed E-state index contributed by atoms with van der Waals surface area (Å²) < 4.78 is 19.5. The summed E-state index contributed by atoms with van der Waals surface area (Å²) in [7, 11) is 5.71. The van der Waals surface area contributed by atoms with E-state index in [0.717, 1.165) is 31.2 Å². The van der Waals surface area contributed by atoms with Crippen LogP contribution in [0.25, 0.3) is 0 Å². The average molecular weight is 500 g/mol. The van der Waals surface area contributed by atoms with Gasteiger partial charge in [-0.15, -0.1) is 0 Å². The number of methoxy groups -OCH3 is 1. The molecule has 0 N–H and O–H groups in total. The van der Waals surface area contributed by atoms with Crippen molar-refractivity contribution in [1.29, 1.82) is 0 Å². The zero-order chi connectivity index (χ0) is 25.9. The number of ether oxygens (including phenoxy) is 1. The molecule has 3 unspecified atom stereocenters. The highest BCUT2D eigenvalue weighted by atomic mass is 19.1. The van der Waals surface area contributed by atoms with Crippen LogP contribution in [0.15, 0.2) is 29.3 Å². The van der Waals surface area contributed by atoms with E-state index in [-0.39, 0.29) is 23.9 Å². The van der Waals surface area contributed by atoms with Crippen molar-refractivity contribution in [2.75, 3.05) is 21.2 Å². The lowest BCUT2D eigenvalue weighted by atomic mass is 9.68. The maximum absolute atomic E-state index is 14.1. The van der Waals surface area contributed by atoms with E-state index < -0.39 is 5.54 Å². The van der Waals surface area contributed by atoms with Crippen molar-refractivity contribution in [3.63, 3.8) is 0 Å². The molecule has 0 spiro atoms. The first-order valence-corrected chi connectivity index (χ1v) is 14.1. The van der Waals surface area contributed by atoms with E-state index >= 15 is 0 Å². The van der Waals surface area contributed by atoms with Crippen molar-refractivity contribution >= 4 is 12.3 Å². The number of benzene rings is 1. The molecule has 1 aliphatic heterocycles. The fourth-order valence-corrected chi connectivity index (χ4v) is 7.59. The number of aliphatic imine (C=N–C) groups is 1. The number of halogens is 1. The van der Waals surface area contributed by atoms with Gasteiger partial charge in [0.25, 0.3) is 0 Å². The van der Waals surface area contributed by atoms with Gasteiger partial charge in [-0.25, -0.2) is 9.18 Å². The Labute approximate surface area is 217 Å². The summed E-state index contributed by atoms with van der Waals surface area (Å²) in [5.41, 5.74) is 0.238. The third-order valence-electron chi connectivity index (χ3n) is 8.94. The third-order valence-corrected chi connectivity index (χ3v) is 8.94. The molecule has 2 saturated carbocycles. The van der Waals surface area contributed by atoms with Gasteiger partial charge in [0.15, 0.2) is 5.54 Å². The molecule has 0 bridgehead atoms. The molecule has 2 aliphatic carbocycles. The lowest BCUT2D eigenvalue weighted by molar-refractivity contribution is -0.151. The smallest absolute Gasteiger partial charge is 0.335 e. The molecule has 3 aliphatic rings. The van der Waals surface area contributed by atoms with Crippen LogP contribution in [0.3, 0.4) is 0 Å². The van der Waals surface area contributed by atoms with Gasteiger partial charge in [0.1, 0.15) is 5.82 Å². The van der Waals surface area contributed by atoms with Gasteiger partial charge in [-0.3, -0.25) is 4.99 Å². The van der Waals surface area contributed by atoms with Crippen molar-refractivity contribution in [3.05, 3.63) is 35.6 Å². The van der Waals surface area contributed by atoms with Crippen LogP contribution in [0.5, 0.6) is 0 Å². The first-order chi connectivity index (χ1) is 17.3. The highest BCUT2D eigenvalue weighted by molar-refractivity contribution is 5.86. The molecule has 0 saturated heterocycles. The standard InChI is InChI=1S/C30H46FN3O2/c1-21(2)19-30(29(35)36-5)28(34(20-32-30)26-12-7-6-8-13-26)23-16-14-22(15-17-23)27(33(3)4)24-10-9-11-25(31)18-24/h9-11,18,20-23,26-28H,6-8,12-17,19H2,1-5H3. The SMILES string of the molecule is COC(=O)C1(CC(C)C)N=CN(C2CCCCC2)C1C1CCC(C(c2cccc(F)c2)N(C)C)CC1. The van der Waals surface area contributed by atoms with Crippen LogP contribution in [0, 0.1) is 23.6 Å². The van der Waals surface area contributed by atoms with Crippen LogP contribution < -0.4 is 0 Å². The highest BCUT2D eigenvalue weighted by Gasteiger charge is 2.56. The summed E-state index contributed by atoms with van der Waals surface area (Å²) in [5, 5.41) is 0. The zero-order valence-electron chi connectivity index (χ0n) is 23.0. The molecule has 36 heavy (non-hydrogen) atoms. The Kier molecular flexibility index (Phi) is 8.75. The van der Waals surface area contributed by atoms with Gasteiger partial charge in [-0.05, 0) is 94.5 Å². The van der Waals surface area contributed by atoms with E-state index in [1.807, 2.05) is 12.4 Å². The third kappa shape index (κ3) is 5.49. The van der Waals surface area contributed by atoms with E-state index in [2.05, 4.69) is 43.8 Å². The van der Waals surface area contributed by atoms with E-state index in [4.69, 9.17) is 9.73 Å². The van der Waals surface area contributed by atoms with E-state index in [1.165, 1.54) is 45.3 Å². The van der Waals surface area contributed by atoms with Crippen LogP contribution in [0.1, 0.15) is 89.7 Å². The zero-order valence-corrected chi connectivity index (χ0v) is 23.0. The summed E-state index contributed by atoms with van der Waals surface area (Å²) in [6.45, 7) is 4.36.